The van der Waals surface area contributed by atoms with Gasteiger partial charge in [0.1, 0.15) is 5.69 Å². The molecule has 9 nitrogen and oxygen atoms in total. The predicted molar refractivity (Wildman–Crippen MR) is 135 cm³/mol. The van der Waals surface area contributed by atoms with Crippen molar-refractivity contribution in [1.29, 1.82) is 0 Å². The zero-order chi connectivity index (χ0) is 26.9. The number of amides is 2. The van der Waals surface area contributed by atoms with Crippen LogP contribution in [0.2, 0.25) is 0 Å². The topological polar surface area (TPSA) is 114 Å². The van der Waals surface area contributed by atoms with Crippen molar-refractivity contribution in [3.63, 3.8) is 0 Å². The molecule has 2 aliphatic rings. The number of rotatable bonds is 9. The normalized spacial score (nSPS) is 19.2. The number of hydrogen-bond acceptors (Lipinski definition) is 6. The first-order valence-corrected chi connectivity index (χ1v) is 13.3. The maximum Gasteiger partial charge on any atom is 0.272 e. The second kappa shape index (κ2) is 10.7. The Kier molecular flexibility index (Phi) is 7.36. The van der Waals surface area contributed by atoms with E-state index in [9.17, 15) is 18.4 Å². The maximum atomic E-state index is 13.9. The van der Waals surface area contributed by atoms with E-state index in [1.54, 1.807) is 30.0 Å². The number of nitrogens with zero attached hydrogens (tertiary/aromatic N) is 5. The van der Waals surface area contributed by atoms with Crippen molar-refractivity contribution in [2.24, 2.45) is 11.8 Å². The number of alkyl halides is 2. The van der Waals surface area contributed by atoms with E-state index in [2.05, 4.69) is 25.7 Å². The number of nitrogens with one attached hydrogen (secondary N) is 2. The lowest BCUT2D eigenvalue weighted by Gasteiger charge is -2.33. The number of aromatic nitrogens is 5. The average Bonchev–Trinajstić information content (AvgIpc) is 3.64. The molecular weight excluding hydrogens is 492 g/mol. The van der Waals surface area contributed by atoms with Crippen LogP contribution in [0, 0.1) is 18.8 Å². The summed E-state index contributed by atoms with van der Waals surface area (Å²) in [7, 11) is 0. The smallest absolute Gasteiger partial charge is 0.272 e. The second-order valence-corrected chi connectivity index (χ2v) is 10.6. The Labute approximate surface area is 219 Å². The molecule has 2 fully saturated rings. The molecule has 2 N–H and O–H groups in total. The molecule has 0 aliphatic heterocycles. The van der Waals surface area contributed by atoms with E-state index < -0.39 is 17.9 Å². The van der Waals surface area contributed by atoms with Gasteiger partial charge >= 0.3 is 0 Å². The van der Waals surface area contributed by atoms with Gasteiger partial charge in [-0.05, 0) is 62.5 Å². The summed E-state index contributed by atoms with van der Waals surface area (Å²) in [6.07, 6.45) is 9.82. The summed E-state index contributed by atoms with van der Waals surface area (Å²) >= 11 is 0. The molecule has 0 saturated heterocycles. The van der Waals surface area contributed by atoms with Gasteiger partial charge in [0.15, 0.2) is 5.65 Å². The lowest BCUT2D eigenvalue weighted by molar-refractivity contribution is -0.122. The minimum Gasteiger partial charge on any atom is -0.349 e. The fourth-order valence-electron chi connectivity index (χ4n) is 5.22. The monoisotopic (exact) mass is 525 g/mol. The van der Waals surface area contributed by atoms with Crippen molar-refractivity contribution < 1.29 is 18.4 Å². The summed E-state index contributed by atoms with van der Waals surface area (Å²) in [6.45, 7) is 3.72. The van der Waals surface area contributed by atoms with Gasteiger partial charge in [0.25, 0.3) is 5.91 Å². The highest BCUT2D eigenvalue weighted by Crippen LogP contribution is 2.42. The largest absolute Gasteiger partial charge is 0.349 e. The molecule has 5 rings (SSSR count). The van der Waals surface area contributed by atoms with E-state index in [0.29, 0.717) is 29.4 Å². The van der Waals surface area contributed by atoms with Gasteiger partial charge in [0.05, 0.1) is 42.1 Å². The fraction of sp³-hybridized carbons (Fsp3) is 0.556. The zero-order valence-electron chi connectivity index (χ0n) is 21.7. The Morgan fingerprint density at radius 3 is 2.47 bits per heavy atom. The standard InChI is InChI=1S/C27H33F2N7O2/c1-3-4-23(37)34-24(17-5-6-17)19-11-22-33-21(15-36(22)31-13-19)25(18-7-9-27(28,29)10-8-18)35-26(38)20-14-30-12-16(2)32-20/h11-15,17-18,24-25H,3-10H2,1-2H3,(H,34,37)(H,35,38)/t24-,25+/m1/s1. The van der Waals surface area contributed by atoms with Gasteiger partial charge in [-0.3, -0.25) is 14.6 Å². The van der Waals surface area contributed by atoms with Crippen molar-refractivity contribution in [3.8, 4) is 0 Å². The second-order valence-electron chi connectivity index (χ2n) is 10.6. The third-order valence-electron chi connectivity index (χ3n) is 7.43. The summed E-state index contributed by atoms with van der Waals surface area (Å²) in [4.78, 5) is 38.5. The van der Waals surface area contributed by atoms with Crippen LogP contribution in [0.25, 0.3) is 5.65 Å². The Morgan fingerprint density at radius 2 is 1.79 bits per heavy atom. The third kappa shape index (κ3) is 5.97. The Morgan fingerprint density at radius 1 is 1.05 bits per heavy atom. The highest BCUT2D eigenvalue weighted by atomic mass is 19.3. The lowest BCUT2D eigenvalue weighted by Crippen LogP contribution is -2.37. The van der Waals surface area contributed by atoms with Crippen LogP contribution in [-0.4, -0.2) is 42.3 Å². The molecule has 11 heteroatoms. The van der Waals surface area contributed by atoms with Crippen molar-refractivity contribution in [2.75, 3.05) is 0 Å². The van der Waals surface area contributed by atoms with Gasteiger partial charge in [-0.2, -0.15) is 5.10 Å². The minimum absolute atomic E-state index is 0.0180. The number of carbonyl (C=O) groups excluding carboxylic acids is 2. The highest BCUT2D eigenvalue weighted by molar-refractivity contribution is 5.92. The van der Waals surface area contributed by atoms with Gasteiger partial charge in [0, 0.05) is 25.5 Å². The van der Waals surface area contributed by atoms with Crippen LogP contribution in [0.3, 0.4) is 0 Å². The zero-order valence-corrected chi connectivity index (χ0v) is 21.7. The molecule has 2 aliphatic carbocycles. The molecular formula is C27H33F2N7O2. The van der Waals surface area contributed by atoms with Crippen LogP contribution in [0.15, 0.2) is 30.9 Å². The Balaban J connectivity index is 1.43. The van der Waals surface area contributed by atoms with Crippen LogP contribution in [0.5, 0.6) is 0 Å². The molecule has 202 valence electrons. The van der Waals surface area contributed by atoms with Crippen LogP contribution < -0.4 is 10.6 Å². The van der Waals surface area contributed by atoms with Gasteiger partial charge < -0.3 is 10.6 Å². The Bertz CT molecular complexity index is 1310. The van der Waals surface area contributed by atoms with Crippen LogP contribution >= 0.6 is 0 Å². The molecule has 0 unspecified atom stereocenters. The Hall–Kier alpha value is -3.50. The van der Waals surface area contributed by atoms with E-state index in [1.807, 2.05) is 13.0 Å². The van der Waals surface area contributed by atoms with Gasteiger partial charge in [0.2, 0.25) is 11.8 Å². The summed E-state index contributed by atoms with van der Waals surface area (Å²) in [6, 6.07) is 1.20. The van der Waals surface area contributed by atoms with Crippen LogP contribution in [0.1, 0.15) is 97.8 Å². The first kappa shape index (κ1) is 26.1. The molecule has 0 aromatic carbocycles. The number of halogens is 2. The number of hydrogen-bond donors (Lipinski definition) is 2. The molecule has 2 atom stereocenters. The molecule has 2 saturated carbocycles. The molecule has 0 bridgehead atoms. The number of fused-ring (bicyclic) bond motifs is 1. The molecule has 3 aromatic rings. The molecule has 2 amide bonds. The quantitative estimate of drug-likeness (QED) is 0.426. The molecule has 0 spiro atoms. The minimum atomic E-state index is -2.69. The molecule has 0 radical (unpaired) electrons. The SMILES string of the molecule is CCCC(=O)N[C@@H](c1cnn2cc([C@@H](NC(=O)c3cncc(C)n3)C3CCC(F)(F)CC3)nc2c1)C1CC1. The summed E-state index contributed by atoms with van der Waals surface area (Å²) in [5.41, 5.74) is 2.78. The highest BCUT2D eigenvalue weighted by Gasteiger charge is 2.40. The van der Waals surface area contributed by atoms with Crippen molar-refractivity contribution in [3.05, 3.63) is 53.5 Å². The van der Waals surface area contributed by atoms with E-state index >= 15 is 0 Å². The van der Waals surface area contributed by atoms with E-state index in [1.165, 1.54) is 6.20 Å². The van der Waals surface area contributed by atoms with Gasteiger partial charge in [-0.15, -0.1) is 0 Å². The van der Waals surface area contributed by atoms with Crippen molar-refractivity contribution >= 4 is 17.5 Å². The molecule has 3 heterocycles. The number of carbonyl (C=O) groups is 2. The number of aryl methyl sites for hydroxylation is 1. The van der Waals surface area contributed by atoms with Gasteiger partial charge in [-0.1, -0.05) is 6.92 Å². The summed E-state index contributed by atoms with van der Waals surface area (Å²) in [5, 5.41) is 10.7. The summed E-state index contributed by atoms with van der Waals surface area (Å²) in [5.74, 6) is -2.94. The van der Waals surface area contributed by atoms with E-state index in [0.717, 1.165) is 24.8 Å². The third-order valence-corrected chi connectivity index (χ3v) is 7.43. The van der Waals surface area contributed by atoms with Gasteiger partial charge in [-0.25, -0.2) is 23.3 Å². The first-order chi connectivity index (χ1) is 18.2. The lowest BCUT2D eigenvalue weighted by atomic mass is 9.81. The van der Waals surface area contributed by atoms with Crippen molar-refractivity contribution in [2.45, 2.75) is 83.2 Å². The number of imidazole rings is 1. The van der Waals surface area contributed by atoms with E-state index in [-0.39, 0.29) is 49.2 Å². The maximum absolute atomic E-state index is 13.9. The molecule has 3 aromatic heterocycles. The van der Waals surface area contributed by atoms with Crippen LogP contribution in [0.4, 0.5) is 8.78 Å². The first-order valence-electron chi connectivity index (χ1n) is 13.3. The van der Waals surface area contributed by atoms with E-state index in [4.69, 9.17) is 4.98 Å². The van der Waals surface area contributed by atoms with Crippen LogP contribution in [-0.2, 0) is 4.79 Å². The summed E-state index contributed by atoms with van der Waals surface area (Å²) < 4.78 is 29.5. The predicted octanol–water partition coefficient (Wildman–Crippen LogP) is 4.49. The average molecular weight is 526 g/mol. The molecule has 38 heavy (non-hydrogen) atoms. The van der Waals surface area contributed by atoms with Crippen molar-refractivity contribution in [1.82, 2.24) is 35.2 Å². The fourth-order valence-corrected chi connectivity index (χ4v) is 5.22.